The molecule has 1 N–H and O–H groups in total. The van der Waals surface area contributed by atoms with E-state index in [-0.39, 0.29) is 28.1 Å². The molecule has 4 fully saturated rings. The Hall–Kier alpha value is -0.630. The van der Waals surface area contributed by atoms with Gasteiger partial charge in [0.25, 0.3) is 15.1 Å². The second kappa shape index (κ2) is 4.47. The van der Waals surface area contributed by atoms with Crippen LogP contribution in [0.1, 0.15) is 37.3 Å². The summed E-state index contributed by atoms with van der Waals surface area (Å²) in [4.78, 5) is 0. The molecular formula is C14H17ClN2O4S. The van der Waals surface area contributed by atoms with Crippen molar-refractivity contribution >= 4 is 21.6 Å². The molecule has 5 atom stereocenters. The van der Waals surface area contributed by atoms with Crippen molar-refractivity contribution in [1.29, 1.82) is 0 Å². The van der Waals surface area contributed by atoms with Crippen LogP contribution in [0.15, 0.2) is 9.62 Å². The summed E-state index contributed by atoms with van der Waals surface area (Å²) in [7, 11) is -3.75. The smallest absolute Gasteiger partial charge is 0.284 e. The standard InChI is InChI=1S/C14H17ClN2O4S/c15-11-12(6-1-2-6)17-21-14(11)22(18,19)16-5-7-3-10-8-4-9(8)13(7)20-10/h6-10,13,16H,1-5H2/t7-,8+,9-,10-,13+/m0/s1. The lowest BCUT2D eigenvalue weighted by atomic mass is 9.89. The van der Waals surface area contributed by atoms with Gasteiger partial charge in [-0.25, -0.2) is 13.1 Å². The molecule has 2 saturated heterocycles. The highest BCUT2D eigenvalue weighted by Crippen LogP contribution is 2.60. The first kappa shape index (κ1) is 13.8. The molecule has 2 bridgehead atoms. The van der Waals surface area contributed by atoms with E-state index >= 15 is 0 Å². The van der Waals surface area contributed by atoms with Crippen molar-refractivity contribution in [2.24, 2.45) is 17.8 Å². The maximum absolute atomic E-state index is 12.4. The molecule has 8 heteroatoms. The van der Waals surface area contributed by atoms with Gasteiger partial charge >= 0.3 is 0 Å². The topological polar surface area (TPSA) is 81.4 Å². The Bertz CT molecular complexity index is 729. The Morgan fingerprint density at radius 2 is 2.09 bits per heavy atom. The summed E-state index contributed by atoms with van der Waals surface area (Å²) >= 11 is 6.13. The molecular weight excluding hydrogens is 328 g/mol. The van der Waals surface area contributed by atoms with Crippen LogP contribution in [-0.4, -0.2) is 32.3 Å². The van der Waals surface area contributed by atoms with Gasteiger partial charge in [-0.05, 0) is 37.5 Å². The van der Waals surface area contributed by atoms with E-state index in [1.807, 2.05) is 0 Å². The highest BCUT2D eigenvalue weighted by atomic mass is 35.5. The first-order valence-corrected chi connectivity index (χ1v) is 9.71. The van der Waals surface area contributed by atoms with E-state index in [1.54, 1.807) is 0 Å². The Labute approximate surface area is 133 Å². The predicted molar refractivity (Wildman–Crippen MR) is 77.0 cm³/mol. The van der Waals surface area contributed by atoms with Crippen LogP contribution in [0.5, 0.6) is 0 Å². The number of hydrogen-bond donors (Lipinski definition) is 1. The van der Waals surface area contributed by atoms with Crippen LogP contribution in [0.2, 0.25) is 5.02 Å². The van der Waals surface area contributed by atoms with Crippen molar-refractivity contribution in [2.75, 3.05) is 6.54 Å². The van der Waals surface area contributed by atoms with Crippen molar-refractivity contribution in [1.82, 2.24) is 9.88 Å². The summed E-state index contributed by atoms with van der Waals surface area (Å²) in [5.74, 6) is 1.91. The van der Waals surface area contributed by atoms with Gasteiger partial charge < -0.3 is 9.26 Å². The van der Waals surface area contributed by atoms with Gasteiger partial charge in [0.2, 0.25) is 0 Å². The molecule has 4 aliphatic rings. The third-order valence-corrected chi connectivity index (χ3v) is 7.29. The molecule has 3 heterocycles. The number of aromatic nitrogens is 1. The average Bonchev–Trinajstić information content (AvgIpc) is 3.39. The lowest BCUT2D eigenvalue weighted by Gasteiger charge is -2.18. The summed E-state index contributed by atoms with van der Waals surface area (Å²) in [6, 6.07) is 0. The van der Waals surface area contributed by atoms with Crippen LogP contribution in [0, 0.1) is 17.8 Å². The van der Waals surface area contributed by atoms with Gasteiger partial charge in [-0.15, -0.1) is 0 Å². The Morgan fingerprint density at radius 1 is 1.27 bits per heavy atom. The van der Waals surface area contributed by atoms with Crippen molar-refractivity contribution in [2.45, 2.75) is 48.9 Å². The van der Waals surface area contributed by atoms with E-state index in [4.69, 9.17) is 20.9 Å². The molecule has 1 aromatic heterocycles. The molecule has 6 nitrogen and oxygen atoms in total. The highest BCUT2D eigenvalue weighted by molar-refractivity contribution is 7.89. The van der Waals surface area contributed by atoms with Crippen molar-refractivity contribution in [3.8, 4) is 0 Å². The van der Waals surface area contributed by atoms with Crippen molar-refractivity contribution in [3.05, 3.63) is 10.7 Å². The zero-order valence-corrected chi connectivity index (χ0v) is 13.4. The van der Waals surface area contributed by atoms with Crippen LogP contribution in [0.3, 0.4) is 0 Å². The molecule has 0 unspecified atom stereocenters. The summed E-state index contributed by atoms with van der Waals surface area (Å²) in [5, 5.41) is 3.72. The quantitative estimate of drug-likeness (QED) is 0.882. The molecule has 0 amide bonds. The third-order valence-electron chi connectivity index (χ3n) is 5.50. The van der Waals surface area contributed by atoms with Gasteiger partial charge in [0.05, 0.1) is 12.2 Å². The Morgan fingerprint density at radius 3 is 2.77 bits per heavy atom. The van der Waals surface area contributed by atoms with E-state index < -0.39 is 10.0 Å². The van der Waals surface area contributed by atoms with E-state index in [2.05, 4.69) is 9.88 Å². The SMILES string of the molecule is O=S(=O)(NC[C@@H]1C[C@@H]2O[C@H]1[C@H]1C[C@H]12)c1onc(C2CC2)c1Cl. The average molecular weight is 345 g/mol. The van der Waals surface area contributed by atoms with E-state index in [1.165, 1.54) is 6.42 Å². The third kappa shape index (κ3) is 1.99. The highest BCUT2D eigenvalue weighted by Gasteiger charge is 2.62. The largest absolute Gasteiger partial charge is 0.374 e. The van der Waals surface area contributed by atoms with Crippen molar-refractivity contribution in [3.63, 3.8) is 0 Å². The first-order valence-electron chi connectivity index (χ1n) is 7.85. The number of halogens is 1. The molecule has 120 valence electrons. The van der Waals surface area contributed by atoms with Crippen molar-refractivity contribution < 1.29 is 17.7 Å². The normalized spacial score (nSPS) is 39.2. The zero-order chi connectivity index (χ0) is 15.1. The van der Waals surface area contributed by atoms with Gasteiger partial charge in [0.1, 0.15) is 10.7 Å². The fourth-order valence-electron chi connectivity index (χ4n) is 4.10. The maximum atomic E-state index is 12.4. The molecule has 2 aliphatic carbocycles. The fourth-order valence-corrected chi connectivity index (χ4v) is 5.67. The van der Waals surface area contributed by atoms with Gasteiger partial charge in [-0.3, -0.25) is 0 Å². The second-order valence-corrected chi connectivity index (χ2v) is 9.04. The number of sulfonamides is 1. The van der Waals surface area contributed by atoms with E-state index in [0.29, 0.717) is 24.3 Å². The fraction of sp³-hybridized carbons (Fsp3) is 0.786. The molecule has 22 heavy (non-hydrogen) atoms. The molecule has 2 saturated carbocycles. The second-order valence-electron chi connectivity index (χ2n) is 6.99. The lowest BCUT2D eigenvalue weighted by Crippen LogP contribution is -2.34. The summed E-state index contributed by atoms with van der Waals surface area (Å²) in [6.07, 6.45) is 4.75. The minimum absolute atomic E-state index is 0.140. The predicted octanol–water partition coefficient (Wildman–Crippen LogP) is 1.91. The summed E-state index contributed by atoms with van der Waals surface area (Å²) < 4.78 is 38.3. The molecule has 0 spiro atoms. The summed E-state index contributed by atoms with van der Waals surface area (Å²) in [6.45, 7) is 0.377. The van der Waals surface area contributed by atoms with Gasteiger partial charge in [-0.2, -0.15) is 0 Å². The van der Waals surface area contributed by atoms with Crippen LogP contribution < -0.4 is 4.72 Å². The van der Waals surface area contributed by atoms with Crippen LogP contribution in [0.4, 0.5) is 0 Å². The molecule has 2 aliphatic heterocycles. The Kier molecular flexibility index (Phi) is 2.80. The number of nitrogens with one attached hydrogen (secondary N) is 1. The number of hydrogen-bond acceptors (Lipinski definition) is 5. The molecule has 1 aromatic rings. The van der Waals surface area contributed by atoms with E-state index in [0.717, 1.165) is 25.2 Å². The lowest BCUT2D eigenvalue weighted by molar-refractivity contribution is 0.0617. The zero-order valence-electron chi connectivity index (χ0n) is 11.9. The Balaban J connectivity index is 1.30. The van der Waals surface area contributed by atoms with Gasteiger partial charge in [-0.1, -0.05) is 16.8 Å². The summed E-state index contributed by atoms with van der Waals surface area (Å²) in [5.41, 5.74) is 0.575. The van der Waals surface area contributed by atoms with Crippen LogP contribution in [0.25, 0.3) is 0 Å². The van der Waals surface area contributed by atoms with Gasteiger partial charge in [0, 0.05) is 18.4 Å². The monoisotopic (exact) mass is 344 g/mol. The van der Waals surface area contributed by atoms with Crippen LogP contribution in [-0.2, 0) is 14.8 Å². The van der Waals surface area contributed by atoms with E-state index in [9.17, 15) is 8.42 Å². The first-order chi connectivity index (χ1) is 10.5. The number of ether oxygens (including phenoxy) is 1. The minimum atomic E-state index is -3.75. The van der Waals surface area contributed by atoms with Crippen LogP contribution >= 0.6 is 11.6 Å². The molecule has 0 radical (unpaired) electrons. The number of fused-ring (bicyclic) bond motifs is 5. The molecule has 5 rings (SSSR count). The molecule has 0 aromatic carbocycles. The number of nitrogens with zero attached hydrogens (tertiary/aromatic N) is 1. The maximum Gasteiger partial charge on any atom is 0.284 e. The van der Waals surface area contributed by atoms with Gasteiger partial charge in [0.15, 0.2) is 0 Å². The minimum Gasteiger partial charge on any atom is -0.374 e. The number of rotatable bonds is 5.